The largest absolute Gasteiger partial charge is 0.309 e. The van der Waals surface area contributed by atoms with E-state index in [1.54, 1.807) is 0 Å². The molecule has 0 radical (unpaired) electrons. The van der Waals surface area contributed by atoms with E-state index in [9.17, 15) is 4.79 Å². The molecular weight excluding hydrogens is 264 g/mol. The van der Waals surface area contributed by atoms with E-state index < -0.39 is 0 Å². The van der Waals surface area contributed by atoms with Crippen molar-refractivity contribution < 1.29 is 4.79 Å². The lowest BCUT2D eigenvalue weighted by atomic mass is 9.94. The summed E-state index contributed by atoms with van der Waals surface area (Å²) in [6.45, 7) is 1.07. The van der Waals surface area contributed by atoms with Crippen molar-refractivity contribution in [3.05, 3.63) is 17.0 Å². The molecule has 102 valence electrons. The maximum absolute atomic E-state index is 12.0. The maximum atomic E-state index is 12.0. The Morgan fingerprint density at radius 3 is 2.79 bits per heavy atom. The Kier molecular flexibility index (Phi) is 3.66. The molecule has 2 aliphatic rings. The van der Waals surface area contributed by atoms with Gasteiger partial charge in [-0.3, -0.25) is 9.69 Å². The Bertz CT molecular complexity index is 488. The van der Waals surface area contributed by atoms with Gasteiger partial charge in [0, 0.05) is 18.2 Å². The molecule has 1 aromatic heterocycles. The van der Waals surface area contributed by atoms with Crippen LogP contribution < -0.4 is 5.32 Å². The number of fused-ring (bicyclic) bond motifs is 1. The zero-order valence-electron chi connectivity index (χ0n) is 10.7. The van der Waals surface area contributed by atoms with Gasteiger partial charge in [-0.1, -0.05) is 30.9 Å². The molecule has 1 aromatic rings. The second kappa shape index (κ2) is 5.43. The molecule has 5 nitrogen and oxygen atoms in total. The average molecular weight is 281 g/mol. The lowest BCUT2D eigenvalue weighted by Gasteiger charge is -2.32. The molecule has 0 unspecified atom stereocenters. The number of hydrogen-bond acceptors (Lipinski definition) is 4. The molecule has 3 rings (SSSR count). The monoisotopic (exact) mass is 280 g/mol. The molecule has 2 heterocycles. The number of rotatable bonds is 1. The zero-order valence-corrected chi connectivity index (χ0v) is 11.5. The van der Waals surface area contributed by atoms with Gasteiger partial charge in [0.05, 0.1) is 6.54 Å². The Morgan fingerprint density at radius 1 is 1.21 bits per heavy atom. The average Bonchev–Trinajstić information content (AvgIpc) is 2.59. The topological polar surface area (TPSA) is 58.1 Å². The summed E-state index contributed by atoms with van der Waals surface area (Å²) < 4.78 is 0. The molecule has 1 amide bonds. The maximum Gasteiger partial charge on any atom is 0.239 e. The van der Waals surface area contributed by atoms with Gasteiger partial charge in [-0.2, -0.15) is 0 Å². The fourth-order valence-corrected chi connectivity index (χ4v) is 3.15. The lowest BCUT2D eigenvalue weighted by molar-refractivity contribution is -0.118. The summed E-state index contributed by atoms with van der Waals surface area (Å²) in [7, 11) is 0. The SMILES string of the molecule is O=C1CN(C2CCCCC2)Cc2c(Cl)ncnc2N1. The van der Waals surface area contributed by atoms with E-state index in [0.29, 0.717) is 30.1 Å². The third kappa shape index (κ3) is 2.72. The molecule has 0 atom stereocenters. The van der Waals surface area contributed by atoms with Gasteiger partial charge in [-0.15, -0.1) is 0 Å². The van der Waals surface area contributed by atoms with Crippen LogP contribution in [0.4, 0.5) is 5.82 Å². The smallest absolute Gasteiger partial charge is 0.239 e. The summed E-state index contributed by atoms with van der Waals surface area (Å²) in [6, 6.07) is 0.474. The first kappa shape index (κ1) is 12.8. The zero-order chi connectivity index (χ0) is 13.2. The Hall–Kier alpha value is -1.20. The standard InChI is InChI=1S/C13H17ClN4O/c14-12-10-6-18(9-4-2-1-3-5-9)7-11(19)17-13(10)16-8-15-12/h8-9H,1-7H2,(H,15,16,17,19). The van der Waals surface area contributed by atoms with Gasteiger partial charge in [0.25, 0.3) is 0 Å². The first-order valence-electron chi connectivity index (χ1n) is 6.77. The van der Waals surface area contributed by atoms with Crippen LogP contribution in [0, 0.1) is 0 Å². The fourth-order valence-electron chi connectivity index (χ4n) is 2.96. The third-order valence-electron chi connectivity index (χ3n) is 3.95. The predicted molar refractivity (Wildman–Crippen MR) is 73.0 cm³/mol. The van der Waals surface area contributed by atoms with Crippen molar-refractivity contribution in [3.63, 3.8) is 0 Å². The molecule has 0 saturated heterocycles. The quantitative estimate of drug-likeness (QED) is 0.802. The summed E-state index contributed by atoms with van der Waals surface area (Å²) in [6.07, 6.45) is 7.50. The van der Waals surface area contributed by atoms with E-state index in [4.69, 9.17) is 11.6 Å². The number of amides is 1. The molecule has 6 heteroatoms. The number of hydrogen-bond donors (Lipinski definition) is 1. The number of nitrogens with one attached hydrogen (secondary N) is 1. The third-order valence-corrected chi connectivity index (χ3v) is 4.28. The van der Waals surface area contributed by atoms with Crippen molar-refractivity contribution in [2.75, 3.05) is 11.9 Å². The van der Waals surface area contributed by atoms with Crippen molar-refractivity contribution in [2.24, 2.45) is 0 Å². The highest BCUT2D eigenvalue weighted by atomic mass is 35.5. The number of halogens is 1. The fraction of sp³-hybridized carbons (Fsp3) is 0.615. The summed E-state index contributed by atoms with van der Waals surface area (Å²) in [5, 5.41) is 3.25. The van der Waals surface area contributed by atoms with Crippen LogP contribution in [-0.4, -0.2) is 33.4 Å². The van der Waals surface area contributed by atoms with Gasteiger partial charge in [0.1, 0.15) is 17.3 Å². The van der Waals surface area contributed by atoms with Crippen LogP contribution in [0.3, 0.4) is 0 Å². The first-order chi connectivity index (χ1) is 9.24. The number of carbonyl (C=O) groups excluding carboxylic acids is 1. The highest BCUT2D eigenvalue weighted by Crippen LogP contribution is 2.29. The van der Waals surface area contributed by atoms with E-state index in [1.165, 1.54) is 25.6 Å². The van der Waals surface area contributed by atoms with Crippen LogP contribution in [0.25, 0.3) is 0 Å². The number of anilines is 1. The van der Waals surface area contributed by atoms with Gasteiger partial charge in [0.15, 0.2) is 0 Å². The van der Waals surface area contributed by atoms with Gasteiger partial charge in [0.2, 0.25) is 5.91 Å². The number of aromatic nitrogens is 2. The van der Waals surface area contributed by atoms with E-state index in [2.05, 4.69) is 20.2 Å². The summed E-state index contributed by atoms with van der Waals surface area (Å²) in [5.41, 5.74) is 0.834. The van der Waals surface area contributed by atoms with Gasteiger partial charge in [-0.05, 0) is 12.8 Å². The van der Waals surface area contributed by atoms with Crippen molar-refractivity contribution in [2.45, 2.75) is 44.7 Å². The molecule has 19 heavy (non-hydrogen) atoms. The number of nitrogens with zero attached hydrogens (tertiary/aromatic N) is 3. The second-order valence-corrected chi connectivity index (χ2v) is 5.59. The van der Waals surface area contributed by atoms with Crippen LogP contribution in [0.2, 0.25) is 5.15 Å². The van der Waals surface area contributed by atoms with Crippen LogP contribution >= 0.6 is 11.6 Å². The minimum atomic E-state index is -0.0147. The molecule has 0 aromatic carbocycles. The Balaban J connectivity index is 1.87. The minimum Gasteiger partial charge on any atom is -0.309 e. The highest BCUT2D eigenvalue weighted by Gasteiger charge is 2.28. The van der Waals surface area contributed by atoms with Crippen molar-refractivity contribution in [1.29, 1.82) is 0 Å². The highest BCUT2D eigenvalue weighted by molar-refractivity contribution is 6.30. The second-order valence-electron chi connectivity index (χ2n) is 5.24. The van der Waals surface area contributed by atoms with Crippen LogP contribution in [0.5, 0.6) is 0 Å². The molecule has 0 spiro atoms. The van der Waals surface area contributed by atoms with E-state index in [-0.39, 0.29) is 5.91 Å². The number of carbonyl (C=O) groups is 1. The normalized spacial score (nSPS) is 21.6. The van der Waals surface area contributed by atoms with Crippen molar-refractivity contribution in [3.8, 4) is 0 Å². The molecule has 0 bridgehead atoms. The van der Waals surface area contributed by atoms with E-state index in [0.717, 1.165) is 18.4 Å². The van der Waals surface area contributed by atoms with Crippen LogP contribution in [-0.2, 0) is 11.3 Å². The van der Waals surface area contributed by atoms with Crippen LogP contribution in [0.15, 0.2) is 6.33 Å². The summed E-state index contributed by atoms with van der Waals surface area (Å²) in [4.78, 5) is 22.3. The molecular formula is C13H17ClN4O. The van der Waals surface area contributed by atoms with Gasteiger partial charge in [-0.25, -0.2) is 9.97 Å². The Labute approximate surface area is 117 Å². The lowest BCUT2D eigenvalue weighted by Crippen LogP contribution is -2.39. The molecule has 1 aliphatic heterocycles. The van der Waals surface area contributed by atoms with Crippen molar-refractivity contribution in [1.82, 2.24) is 14.9 Å². The Morgan fingerprint density at radius 2 is 2.00 bits per heavy atom. The predicted octanol–water partition coefficient (Wildman–Crippen LogP) is 2.22. The summed E-state index contributed by atoms with van der Waals surface area (Å²) in [5.74, 6) is 0.544. The van der Waals surface area contributed by atoms with Gasteiger partial charge < -0.3 is 5.32 Å². The van der Waals surface area contributed by atoms with Crippen molar-refractivity contribution >= 4 is 23.3 Å². The minimum absolute atomic E-state index is 0.0147. The molecule has 1 saturated carbocycles. The molecule has 1 fully saturated rings. The van der Waals surface area contributed by atoms with Crippen LogP contribution in [0.1, 0.15) is 37.7 Å². The molecule has 1 aliphatic carbocycles. The molecule has 1 N–H and O–H groups in total. The van der Waals surface area contributed by atoms with E-state index >= 15 is 0 Å². The summed E-state index contributed by atoms with van der Waals surface area (Å²) >= 11 is 6.14. The van der Waals surface area contributed by atoms with E-state index in [1.807, 2.05) is 0 Å². The van der Waals surface area contributed by atoms with Gasteiger partial charge >= 0.3 is 0 Å². The first-order valence-corrected chi connectivity index (χ1v) is 7.15.